The van der Waals surface area contributed by atoms with Crippen LogP contribution in [0.1, 0.15) is 19.8 Å². The summed E-state index contributed by atoms with van der Waals surface area (Å²) in [5.41, 5.74) is 0. The van der Waals surface area contributed by atoms with Crippen molar-refractivity contribution in [2.24, 2.45) is 0 Å². The molecule has 1 rings (SSSR count). The van der Waals surface area contributed by atoms with Crippen molar-refractivity contribution in [3.05, 3.63) is 0 Å². The molecule has 0 radical (unpaired) electrons. The van der Waals surface area contributed by atoms with Crippen molar-refractivity contribution in [3.8, 4) is 0 Å². The van der Waals surface area contributed by atoms with E-state index in [4.69, 9.17) is 14.6 Å². The lowest BCUT2D eigenvalue weighted by Gasteiger charge is -2.40. The summed E-state index contributed by atoms with van der Waals surface area (Å²) in [4.78, 5) is 10.3. The van der Waals surface area contributed by atoms with Gasteiger partial charge in [-0.05, 0) is 6.42 Å². The van der Waals surface area contributed by atoms with Gasteiger partial charge in [-0.3, -0.25) is 0 Å². The first-order valence-electron chi connectivity index (χ1n) is 5.50. The van der Waals surface area contributed by atoms with Gasteiger partial charge in [0.2, 0.25) is 0 Å². The van der Waals surface area contributed by atoms with Crippen molar-refractivity contribution in [2.75, 3.05) is 6.61 Å². The van der Waals surface area contributed by atoms with Gasteiger partial charge in [-0.15, -0.1) is 0 Å². The van der Waals surface area contributed by atoms with E-state index in [2.05, 4.69) is 0 Å². The summed E-state index contributed by atoms with van der Waals surface area (Å²) in [7, 11) is 0. The number of carboxylic acid groups (broad SMARTS) is 1. The molecule has 17 heavy (non-hydrogen) atoms. The Labute approximate surface area is 98.6 Å². The van der Waals surface area contributed by atoms with Gasteiger partial charge in [-0.2, -0.15) is 0 Å². The number of aliphatic hydroxyl groups is 3. The van der Waals surface area contributed by atoms with Crippen molar-refractivity contribution >= 4 is 5.97 Å². The number of aliphatic hydroxyl groups excluding tert-OH is 3. The van der Waals surface area contributed by atoms with Gasteiger partial charge in [-0.25, -0.2) is 4.79 Å². The highest BCUT2D eigenvalue weighted by Gasteiger charge is 2.44. The molecule has 1 fully saturated rings. The van der Waals surface area contributed by atoms with Gasteiger partial charge in [0, 0.05) is 0 Å². The average molecular weight is 250 g/mol. The van der Waals surface area contributed by atoms with Gasteiger partial charge in [0.05, 0.1) is 6.10 Å². The number of ether oxygens (including phenoxy) is 2. The van der Waals surface area contributed by atoms with Crippen LogP contribution in [0.15, 0.2) is 0 Å². The molecule has 5 atom stereocenters. The predicted octanol–water partition coefficient (Wildman–Crippen LogP) is -1.30. The van der Waals surface area contributed by atoms with Gasteiger partial charge in [0.15, 0.2) is 6.29 Å². The highest BCUT2D eigenvalue weighted by molar-refractivity contribution is 5.68. The van der Waals surface area contributed by atoms with Crippen LogP contribution < -0.4 is 0 Å². The molecular formula is C10H18O7. The van der Waals surface area contributed by atoms with Crippen molar-refractivity contribution < 1.29 is 34.7 Å². The fraction of sp³-hybridized carbons (Fsp3) is 0.900. The lowest BCUT2D eigenvalue weighted by molar-refractivity contribution is -0.292. The second kappa shape index (κ2) is 6.27. The number of rotatable bonds is 5. The lowest BCUT2D eigenvalue weighted by atomic mass is 9.96. The Morgan fingerprint density at radius 2 is 1.94 bits per heavy atom. The van der Waals surface area contributed by atoms with Crippen molar-refractivity contribution in [1.82, 2.24) is 0 Å². The molecule has 0 amide bonds. The molecule has 0 saturated carbocycles. The molecule has 0 aromatic carbocycles. The van der Waals surface area contributed by atoms with E-state index in [0.29, 0.717) is 6.42 Å². The molecule has 5 unspecified atom stereocenters. The quantitative estimate of drug-likeness (QED) is 0.479. The van der Waals surface area contributed by atoms with Crippen molar-refractivity contribution in [1.29, 1.82) is 0 Å². The standard InChI is InChI=1S/C10H18O7/c1-2-3-5-7(13)8(14)9(10(15)17-5)16-4-6(11)12/h5,7-10,13-15H,2-4H2,1H3,(H,11,12). The molecule has 1 aliphatic rings. The predicted molar refractivity (Wildman–Crippen MR) is 55.2 cm³/mol. The van der Waals surface area contributed by atoms with E-state index in [9.17, 15) is 20.1 Å². The Hall–Kier alpha value is -0.730. The molecule has 1 saturated heterocycles. The third-order valence-corrected chi connectivity index (χ3v) is 2.64. The van der Waals surface area contributed by atoms with Gasteiger partial charge in [-0.1, -0.05) is 13.3 Å². The van der Waals surface area contributed by atoms with Crippen LogP contribution in [0.3, 0.4) is 0 Å². The normalized spacial score (nSPS) is 38.0. The first-order valence-corrected chi connectivity index (χ1v) is 5.50. The van der Waals surface area contributed by atoms with Crippen LogP contribution >= 0.6 is 0 Å². The fourth-order valence-corrected chi connectivity index (χ4v) is 1.79. The van der Waals surface area contributed by atoms with Crippen LogP contribution in [-0.4, -0.2) is 63.7 Å². The molecule has 4 N–H and O–H groups in total. The average Bonchev–Trinajstić information content (AvgIpc) is 2.25. The number of hydrogen-bond donors (Lipinski definition) is 4. The maximum Gasteiger partial charge on any atom is 0.329 e. The second-order valence-electron chi connectivity index (χ2n) is 4.00. The summed E-state index contributed by atoms with van der Waals surface area (Å²) >= 11 is 0. The SMILES string of the molecule is CCCC1OC(O)C(OCC(=O)O)C(O)C1O. The summed E-state index contributed by atoms with van der Waals surface area (Å²) < 4.78 is 9.86. The Morgan fingerprint density at radius 1 is 1.29 bits per heavy atom. The molecule has 1 aliphatic heterocycles. The highest BCUT2D eigenvalue weighted by atomic mass is 16.7. The van der Waals surface area contributed by atoms with Crippen molar-refractivity contribution in [2.45, 2.75) is 50.5 Å². The molecule has 0 aromatic rings. The molecular weight excluding hydrogens is 232 g/mol. The van der Waals surface area contributed by atoms with Crippen LogP contribution in [0.4, 0.5) is 0 Å². The summed E-state index contributed by atoms with van der Waals surface area (Å²) in [5.74, 6) is -1.23. The third-order valence-electron chi connectivity index (χ3n) is 2.64. The number of aliphatic carboxylic acids is 1. The summed E-state index contributed by atoms with van der Waals surface area (Å²) in [6, 6.07) is 0. The van der Waals surface area contributed by atoms with Gasteiger partial charge in [0.1, 0.15) is 24.9 Å². The highest BCUT2D eigenvalue weighted by Crippen LogP contribution is 2.24. The van der Waals surface area contributed by atoms with Gasteiger partial charge in [0.25, 0.3) is 0 Å². The van der Waals surface area contributed by atoms with E-state index < -0.39 is 43.3 Å². The number of carboxylic acids is 1. The molecule has 0 aromatic heterocycles. The van der Waals surface area contributed by atoms with E-state index in [1.165, 1.54) is 0 Å². The zero-order valence-corrected chi connectivity index (χ0v) is 9.52. The molecule has 0 spiro atoms. The van der Waals surface area contributed by atoms with E-state index >= 15 is 0 Å². The zero-order chi connectivity index (χ0) is 13.0. The Balaban J connectivity index is 2.59. The number of carbonyl (C=O) groups is 1. The van der Waals surface area contributed by atoms with Crippen LogP contribution in [0.5, 0.6) is 0 Å². The van der Waals surface area contributed by atoms with Crippen molar-refractivity contribution in [3.63, 3.8) is 0 Å². The fourth-order valence-electron chi connectivity index (χ4n) is 1.79. The topological polar surface area (TPSA) is 116 Å². The summed E-state index contributed by atoms with van der Waals surface area (Å²) in [6.45, 7) is 1.20. The molecule has 1 heterocycles. The zero-order valence-electron chi connectivity index (χ0n) is 9.52. The van der Waals surface area contributed by atoms with Crippen LogP contribution in [0, 0.1) is 0 Å². The maximum absolute atomic E-state index is 10.3. The Kier molecular flexibility index (Phi) is 5.29. The minimum atomic E-state index is -1.44. The van der Waals surface area contributed by atoms with E-state index in [-0.39, 0.29) is 0 Å². The van der Waals surface area contributed by atoms with Crippen LogP contribution in [0.25, 0.3) is 0 Å². The van der Waals surface area contributed by atoms with E-state index in [1.54, 1.807) is 0 Å². The lowest BCUT2D eigenvalue weighted by Crippen LogP contribution is -2.58. The first-order chi connectivity index (χ1) is 7.97. The minimum Gasteiger partial charge on any atom is -0.480 e. The van der Waals surface area contributed by atoms with E-state index in [0.717, 1.165) is 6.42 Å². The monoisotopic (exact) mass is 250 g/mol. The van der Waals surface area contributed by atoms with Gasteiger partial charge >= 0.3 is 5.97 Å². The van der Waals surface area contributed by atoms with Gasteiger partial charge < -0.3 is 29.9 Å². The first kappa shape index (κ1) is 14.3. The molecule has 100 valence electrons. The largest absolute Gasteiger partial charge is 0.480 e. The Morgan fingerprint density at radius 3 is 2.47 bits per heavy atom. The third kappa shape index (κ3) is 3.62. The summed E-state index contributed by atoms with van der Waals surface area (Å²) in [6.07, 6.45) is -4.72. The molecule has 7 heteroatoms. The number of hydrogen-bond acceptors (Lipinski definition) is 6. The van der Waals surface area contributed by atoms with E-state index in [1.807, 2.05) is 6.92 Å². The minimum absolute atomic E-state index is 0.487. The molecule has 7 nitrogen and oxygen atoms in total. The second-order valence-corrected chi connectivity index (χ2v) is 4.00. The molecule has 0 bridgehead atoms. The summed E-state index contributed by atoms with van der Waals surface area (Å²) in [5, 5.41) is 37.4. The smallest absolute Gasteiger partial charge is 0.329 e. The van der Waals surface area contributed by atoms with Crippen LogP contribution in [0.2, 0.25) is 0 Å². The van der Waals surface area contributed by atoms with Crippen LogP contribution in [-0.2, 0) is 14.3 Å². The molecule has 0 aliphatic carbocycles. The Bertz CT molecular complexity index is 257. The maximum atomic E-state index is 10.3.